The van der Waals surface area contributed by atoms with Gasteiger partial charge >= 0.3 is 0 Å². The second-order valence-corrected chi connectivity index (χ2v) is 7.80. The molecule has 3 aromatic rings. The molecule has 1 aliphatic rings. The highest BCUT2D eigenvalue weighted by molar-refractivity contribution is 9.10. The van der Waals surface area contributed by atoms with Gasteiger partial charge in [0.25, 0.3) is 5.91 Å². The van der Waals surface area contributed by atoms with E-state index in [1.54, 1.807) is 14.2 Å². The number of nitrogens with one attached hydrogen (secondary N) is 1. The summed E-state index contributed by atoms with van der Waals surface area (Å²) in [6, 6.07) is 15.6. The lowest BCUT2D eigenvalue weighted by atomic mass is 9.96. The number of carbonyl (C=O) groups excluding carboxylic acids is 1. The molecule has 2 heterocycles. The zero-order chi connectivity index (χ0) is 20.4. The first-order valence-corrected chi connectivity index (χ1v) is 10.2. The maximum Gasteiger partial charge on any atom is 0.273 e. The largest absolute Gasteiger partial charge is 0.497 e. The number of hydrogen-bond donors (Lipinski definition) is 1. The molecular weight excluding hydrogens is 434 g/mol. The van der Waals surface area contributed by atoms with Crippen LogP contribution in [0.1, 0.15) is 34.1 Å². The topological polar surface area (TPSA) is 67.5 Å². The minimum Gasteiger partial charge on any atom is -0.497 e. The highest BCUT2D eigenvalue weighted by Crippen LogP contribution is 2.43. The zero-order valence-electron chi connectivity index (χ0n) is 16.3. The van der Waals surface area contributed by atoms with Gasteiger partial charge in [-0.25, -0.2) is 0 Å². The van der Waals surface area contributed by atoms with Crippen molar-refractivity contribution >= 4 is 21.8 Å². The van der Waals surface area contributed by atoms with Crippen molar-refractivity contribution in [1.29, 1.82) is 0 Å². The van der Waals surface area contributed by atoms with Crippen LogP contribution in [0, 0.1) is 0 Å². The van der Waals surface area contributed by atoms with Gasteiger partial charge in [0.1, 0.15) is 11.4 Å². The first-order chi connectivity index (χ1) is 14.1. The molecule has 0 bridgehead atoms. The van der Waals surface area contributed by atoms with E-state index >= 15 is 0 Å². The Balaban J connectivity index is 1.79. The molecule has 1 amide bonds. The van der Waals surface area contributed by atoms with Crippen molar-refractivity contribution in [3.05, 3.63) is 69.8 Å². The van der Waals surface area contributed by atoms with Gasteiger partial charge in [-0.3, -0.25) is 9.89 Å². The van der Waals surface area contributed by atoms with Crippen molar-refractivity contribution in [3.8, 4) is 17.0 Å². The van der Waals surface area contributed by atoms with E-state index < -0.39 is 0 Å². The third-order valence-corrected chi connectivity index (χ3v) is 5.69. The Hall–Kier alpha value is -2.64. The van der Waals surface area contributed by atoms with Crippen LogP contribution in [0.15, 0.2) is 53.0 Å². The summed E-state index contributed by atoms with van der Waals surface area (Å²) in [5.74, 6) is 0.748. The van der Waals surface area contributed by atoms with E-state index in [9.17, 15) is 4.79 Å². The lowest BCUT2D eigenvalue weighted by molar-refractivity contribution is 0.0723. The molecule has 1 N–H and O–H groups in total. The third-order valence-electron chi connectivity index (χ3n) is 5.16. The summed E-state index contributed by atoms with van der Waals surface area (Å²) in [4.78, 5) is 15.1. The Kier molecular flexibility index (Phi) is 5.69. The molecular formula is C22H22BrN3O3. The molecule has 0 aliphatic carbocycles. The number of benzene rings is 2. The van der Waals surface area contributed by atoms with Crippen LogP contribution in [-0.4, -0.2) is 48.4 Å². The summed E-state index contributed by atoms with van der Waals surface area (Å²) in [6.07, 6.45) is 0.764. The van der Waals surface area contributed by atoms with Crippen molar-refractivity contribution in [3.63, 3.8) is 0 Å². The fraction of sp³-hybridized carbons (Fsp3) is 0.273. The first kappa shape index (κ1) is 19.7. The van der Waals surface area contributed by atoms with Crippen LogP contribution in [0.2, 0.25) is 0 Å². The Morgan fingerprint density at radius 3 is 2.48 bits per heavy atom. The lowest BCUT2D eigenvalue weighted by Crippen LogP contribution is -2.31. The van der Waals surface area contributed by atoms with E-state index in [1.165, 1.54) is 0 Å². The van der Waals surface area contributed by atoms with E-state index in [1.807, 2.05) is 53.4 Å². The van der Waals surface area contributed by atoms with Gasteiger partial charge in [-0.05, 0) is 36.2 Å². The summed E-state index contributed by atoms with van der Waals surface area (Å²) in [5, 5.41) is 7.47. The Morgan fingerprint density at radius 1 is 1.10 bits per heavy atom. The van der Waals surface area contributed by atoms with Crippen LogP contribution in [0.4, 0.5) is 0 Å². The summed E-state index contributed by atoms with van der Waals surface area (Å²) in [6.45, 7) is 1.20. The van der Waals surface area contributed by atoms with Crippen LogP contribution in [0.25, 0.3) is 11.3 Å². The molecule has 0 spiro atoms. The minimum atomic E-state index is -0.211. The standard InChI is InChI=1S/C22H22BrN3O3/c1-28-13-3-12-26-21(15-6-10-17(29-2)11-7-15)18-19(24-25-20(18)22(26)27)14-4-8-16(23)9-5-14/h4-11,21H,3,12-13H2,1-2H3,(H,24,25). The average molecular weight is 456 g/mol. The number of aromatic amines is 1. The van der Waals surface area contributed by atoms with Crippen LogP contribution in [0.5, 0.6) is 5.75 Å². The fourth-order valence-electron chi connectivity index (χ4n) is 3.77. The van der Waals surface area contributed by atoms with E-state index in [4.69, 9.17) is 9.47 Å². The number of nitrogens with zero attached hydrogens (tertiary/aromatic N) is 2. The summed E-state index contributed by atoms with van der Waals surface area (Å²) in [7, 11) is 3.32. The van der Waals surface area contributed by atoms with Gasteiger partial charge in [-0.1, -0.05) is 40.2 Å². The molecule has 1 unspecified atom stereocenters. The third kappa shape index (κ3) is 3.68. The second-order valence-electron chi connectivity index (χ2n) is 6.89. The normalized spacial score (nSPS) is 15.6. The molecule has 7 heteroatoms. The fourth-order valence-corrected chi connectivity index (χ4v) is 4.03. The number of carbonyl (C=O) groups is 1. The van der Waals surface area contributed by atoms with Crippen LogP contribution in [-0.2, 0) is 4.74 Å². The number of hydrogen-bond acceptors (Lipinski definition) is 4. The highest BCUT2D eigenvalue weighted by atomic mass is 79.9. The number of H-pyrrole nitrogens is 1. The van der Waals surface area contributed by atoms with Gasteiger partial charge in [0.05, 0.1) is 18.8 Å². The van der Waals surface area contributed by atoms with E-state index in [-0.39, 0.29) is 11.9 Å². The SMILES string of the molecule is COCCCN1C(=O)c2[nH]nc(-c3ccc(Br)cc3)c2C1c1ccc(OC)cc1. The maximum atomic E-state index is 13.2. The first-order valence-electron chi connectivity index (χ1n) is 9.42. The van der Waals surface area contributed by atoms with Gasteiger partial charge in [0.2, 0.25) is 0 Å². The van der Waals surface area contributed by atoms with Crippen molar-refractivity contribution in [1.82, 2.24) is 15.1 Å². The molecule has 1 aromatic heterocycles. The summed E-state index contributed by atoms with van der Waals surface area (Å²) < 4.78 is 11.5. The highest BCUT2D eigenvalue weighted by Gasteiger charge is 2.41. The predicted octanol–water partition coefficient (Wildman–Crippen LogP) is 4.43. The van der Waals surface area contributed by atoms with Gasteiger partial charge < -0.3 is 14.4 Å². The number of ether oxygens (including phenoxy) is 2. The minimum absolute atomic E-state index is 0.0345. The van der Waals surface area contributed by atoms with Gasteiger partial charge in [0.15, 0.2) is 0 Å². The summed E-state index contributed by atoms with van der Waals surface area (Å²) in [5.41, 5.74) is 4.27. The molecule has 0 saturated heterocycles. The molecule has 2 aromatic carbocycles. The average Bonchev–Trinajstić information content (AvgIpc) is 3.28. The number of methoxy groups -OCH3 is 2. The Labute approximate surface area is 178 Å². The van der Waals surface area contributed by atoms with E-state index in [2.05, 4.69) is 26.1 Å². The zero-order valence-corrected chi connectivity index (χ0v) is 17.9. The van der Waals surface area contributed by atoms with E-state index in [0.29, 0.717) is 18.8 Å². The second kappa shape index (κ2) is 8.39. The molecule has 0 radical (unpaired) electrons. The van der Waals surface area contributed by atoms with Gasteiger partial charge in [0, 0.05) is 35.9 Å². The van der Waals surface area contributed by atoms with E-state index in [0.717, 1.165) is 39.0 Å². The predicted molar refractivity (Wildman–Crippen MR) is 114 cm³/mol. The Bertz CT molecular complexity index is 999. The van der Waals surface area contributed by atoms with Crippen molar-refractivity contribution in [2.45, 2.75) is 12.5 Å². The molecule has 6 nitrogen and oxygen atoms in total. The monoisotopic (exact) mass is 455 g/mol. The van der Waals surface area contributed by atoms with Crippen molar-refractivity contribution in [2.24, 2.45) is 0 Å². The number of rotatable bonds is 7. The Morgan fingerprint density at radius 2 is 1.83 bits per heavy atom. The molecule has 150 valence electrons. The quantitative estimate of drug-likeness (QED) is 0.535. The molecule has 4 rings (SSSR count). The van der Waals surface area contributed by atoms with Crippen molar-refractivity contribution < 1.29 is 14.3 Å². The molecule has 29 heavy (non-hydrogen) atoms. The van der Waals surface area contributed by atoms with Crippen LogP contribution < -0.4 is 4.74 Å². The van der Waals surface area contributed by atoms with Crippen molar-refractivity contribution in [2.75, 3.05) is 27.4 Å². The number of amides is 1. The molecule has 1 atom stereocenters. The molecule has 0 saturated carbocycles. The number of aromatic nitrogens is 2. The van der Waals surface area contributed by atoms with Crippen LogP contribution >= 0.6 is 15.9 Å². The lowest BCUT2D eigenvalue weighted by Gasteiger charge is -2.26. The maximum absolute atomic E-state index is 13.2. The molecule has 1 aliphatic heterocycles. The smallest absolute Gasteiger partial charge is 0.273 e. The number of halogens is 1. The van der Waals surface area contributed by atoms with Gasteiger partial charge in [-0.2, -0.15) is 5.10 Å². The number of fused-ring (bicyclic) bond motifs is 1. The molecule has 0 fully saturated rings. The van der Waals surface area contributed by atoms with Gasteiger partial charge in [-0.15, -0.1) is 0 Å². The van der Waals surface area contributed by atoms with Crippen LogP contribution in [0.3, 0.4) is 0 Å². The summed E-state index contributed by atoms with van der Waals surface area (Å²) >= 11 is 3.47.